The molecule has 1 N–H and O–H groups in total. The third-order valence-corrected chi connectivity index (χ3v) is 5.03. The van der Waals surface area contributed by atoms with E-state index in [-0.39, 0.29) is 21.3 Å². The van der Waals surface area contributed by atoms with Crippen molar-refractivity contribution in [2.24, 2.45) is 0 Å². The van der Waals surface area contributed by atoms with E-state index in [9.17, 15) is 23.3 Å². The maximum atomic E-state index is 12.7. The molecule has 0 radical (unpaired) electrons. The van der Waals surface area contributed by atoms with E-state index in [0.29, 0.717) is 4.31 Å². The fraction of sp³-hybridized carbons (Fsp3) is 0.0714. The van der Waals surface area contributed by atoms with Crippen molar-refractivity contribution in [1.82, 2.24) is 0 Å². The third-order valence-electron chi connectivity index (χ3n) is 3.01. The molecule has 0 saturated carbocycles. The van der Waals surface area contributed by atoms with Crippen LogP contribution in [0.25, 0.3) is 0 Å². The van der Waals surface area contributed by atoms with Gasteiger partial charge in [0.1, 0.15) is 6.54 Å². The third kappa shape index (κ3) is 3.81. The molecule has 0 amide bonds. The highest BCUT2D eigenvalue weighted by Gasteiger charge is 2.27. The number of carboxylic acid groups (broad SMARTS) is 1. The molecule has 24 heavy (non-hydrogen) atoms. The Hall–Kier alpha value is -2.65. The number of nitrogens with zero attached hydrogens (tertiary/aromatic N) is 2. The lowest BCUT2D eigenvalue weighted by Gasteiger charge is -2.22. The number of nitro benzene ring substituents is 1. The Labute approximate surface area is 142 Å². The standard InChI is InChI=1S/C14H11ClN2O6S/c15-10-2-1-3-12(8-10)16(9-14(18)19)24(22,23)13-6-4-11(5-7-13)17(20)21/h1-8H,9H2,(H,18,19). The number of anilines is 1. The van der Waals surface area contributed by atoms with Crippen LogP contribution in [0.2, 0.25) is 5.02 Å². The molecule has 0 aliphatic rings. The van der Waals surface area contributed by atoms with Crippen molar-refractivity contribution in [3.63, 3.8) is 0 Å². The number of hydrogen-bond acceptors (Lipinski definition) is 5. The number of sulfonamides is 1. The van der Waals surface area contributed by atoms with Gasteiger partial charge in [-0.1, -0.05) is 17.7 Å². The van der Waals surface area contributed by atoms with Crippen molar-refractivity contribution in [3.05, 3.63) is 63.7 Å². The van der Waals surface area contributed by atoms with Gasteiger partial charge in [-0.25, -0.2) is 8.42 Å². The summed E-state index contributed by atoms with van der Waals surface area (Å²) in [6, 6.07) is 9.87. The van der Waals surface area contributed by atoms with Gasteiger partial charge in [0, 0.05) is 17.2 Å². The van der Waals surface area contributed by atoms with Gasteiger partial charge < -0.3 is 5.11 Å². The lowest BCUT2D eigenvalue weighted by Crippen LogP contribution is -2.35. The summed E-state index contributed by atoms with van der Waals surface area (Å²) < 4.78 is 26.1. The predicted octanol–water partition coefficient (Wildman–Crippen LogP) is 2.53. The van der Waals surface area contributed by atoms with Gasteiger partial charge >= 0.3 is 5.97 Å². The van der Waals surface area contributed by atoms with Gasteiger partial charge in [-0.3, -0.25) is 19.2 Å². The number of carbonyl (C=O) groups is 1. The number of hydrogen-bond donors (Lipinski definition) is 1. The van der Waals surface area contributed by atoms with Crippen molar-refractivity contribution >= 4 is 39.0 Å². The molecule has 0 spiro atoms. The van der Waals surface area contributed by atoms with E-state index in [1.54, 1.807) is 0 Å². The Bertz CT molecular complexity index is 882. The predicted molar refractivity (Wildman–Crippen MR) is 86.7 cm³/mol. The van der Waals surface area contributed by atoms with Crippen molar-refractivity contribution in [1.29, 1.82) is 0 Å². The van der Waals surface area contributed by atoms with E-state index in [1.165, 1.54) is 24.3 Å². The van der Waals surface area contributed by atoms with Crippen LogP contribution in [0.5, 0.6) is 0 Å². The molecule has 0 aromatic heterocycles. The zero-order valence-electron chi connectivity index (χ0n) is 12.0. The van der Waals surface area contributed by atoms with Crippen molar-refractivity contribution < 1.29 is 23.2 Å². The van der Waals surface area contributed by atoms with Gasteiger partial charge in [-0.05, 0) is 30.3 Å². The maximum Gasteiger partial charge on any atom is 0.324 e. The molecule has 0 aliphatic heterocycles. The van der Waals surface area contributed by atoms with Crippen LogP contribution in [0.15, 0.2) is 53.4 Å². The first-order valence-corrected chi connectivity index (χ1v) is 8.28. The molecule has 0 fully saturated rings. The minimum Gasteiger partial charge on any atom is -0.480 e. The number of rotatable bonds is 6. The smallest absolute Gasteiger partial charge is 0.324 e. The number of halogens is 1. The SMILES string of the molecule is O=C(O)CN(c1cccc(Cl)c1)S(=O)(=O)c1ccc([N+](=O)[O-])cc1. The second-order valence-corrected chi connectivity index (χ2v) is 6.94. The van der Waals surface area contributed by atoms with Crippen LogP contribution < -0.4 is 4.31 Å². The van der Waals surface area contributed by atoms with Gasteiger partial charge in [0.25, 0.3) is 15.7 Å². The molecular weight excluding hydrogens is 360 g/mol. The normalized spacial score (nSPS) is 11.0. The number of nitro groups is 1. The first kappa shape index (κ1) is 17.7. The minimum absolute atomic E-state index is 0.0725. The van der Waals surface area contributed by atoms with E-state index in [1.807, 2.05) is 0 Å². The zero-order chi connectivity index (χ0) is 17.9. The minimum atomic E-state index is -4.24. The van der Waals surface area contributed by atoms with Gasteiger partial charge in [-0.15, -0.1) is 0 Å². The summed E-state index contributed by atoms with van der Waals surface area (Å²) in [7, 11) is -4.24. The summed E-state index contributed by atoms with van der Waals surface area (Å²) in [5, 5.41) is 19.9. The van der Waals surface area contributed by atoms with E-state index in [0.717, 1.165) is 24.3 Å². The molecule has 0 atom stereocenters. The van der Waals surface area contributed by atoms with Crippen LogP contribution >= 0.6 is 11.6 Å². The monoisotopic (exact) mass is 370 g/mol. The summed E-state index contributed by atoms with van der Waals surface area (Å²) in [6.45, 7) is -0.820. The average Bonchev–Trinajstić information content (AvgIpc) is 2.52. The fourth-order valence-corrected chi connectivity index (χ4v) is 3.53. The molecule has 2 aromatic rings. The molecule has 2 rings (SSSR count). The molecule has 10 heteroatoms. The second kappa shape index (κ2) is 6.85. The highest BCUT2D eigenvalue weighted by atomic mass is 35.5. The summed E-state index contributed by atoms with van der Waals surface area (Å²) in [5.41, 5.74) is -0.204. The summed E-state index contributed by atoms with van der Waals surface area (Å²) in [6.07, 6.45) is 0. The summed E-state index contributed by atoms with van der Waals surface area (Å²) >= 11 is 5.83. The number of aliphatic carboxylic acids is 1. The average molecular weight is 371 g/mol. The van der Waals surface area contributed by atoms with Gasteiger partial charge in [-0.2, -0.15) is 0 Å². The maximum absolute atomic E-state index is 12.7. The van der Waals surface area contributed by atoms with Crippen LogP contribution in [-0.2, 0) is 14.8 Å². The van der Waals surface area contributed by atoms with E-state index in [2.05, 4.69) is 0 Å². The number of non-ortho nitro benzene ring substituents is 1. The van der Waals surface area contributed by atoms with Crippen LogP contribution in [0, 0.1) is 10.1 Å². The zero-order valence-corrected chi connectivity index (χ0v) is 13.6. The Morgan fingerprint density at radius 1 is 1.21 bits per heavy atom. The number of carboxylic acids is 1. The summed E-state index contributed by atoms with van der Waals surface area (Å²) in [5.74, 6) is -1.36. The quantitative estimate of drug-likeness (QED) is 0.616. The highest BCUT2D eigenvalue weighted by Crippen LogP contribution is 2.27. The molecule has 0 unspecified atom stereocenters. The van der Waals surface area contributed by atoms with Crippen LogP contribution in [0.3, 0.4) is 0 Å². The van der Waals surface area contributed by atoms with Gasteiger partial charge in [0.2, 0.25) is 0 Å². The molecule has 2 aromatic carbocycles. The first-order valence-electron chi connectivity index (χ1n) is 6.46. The molecule has 8 nitrogen and oxygen atoms in total. The molecular formula is C14H11ClN2O6S. The Morgan fingerprint density at radius 3 is 2.33 bits per heavy atom. The van der Waals surface area contributed by atoms with Crippen molar-refractivity contribution in [2.45, 2.75) is 4.90 Å². The summed E-state index contributed by atoms with van der Waals surface area (Å²) in [4.78, 5) is 20.8. The number of benzene rings is 2. The molecule has 126 valence electrons. The molecule has 0 bridgehead atoms. The first-order chi connectivity index (χ1) is 11.2. The lowest BCUT2D eigenvalue weighted by molar-refractivity contribution is -0.384. The Morgan fingerprint density at radius 2 is 1.83 bits per heavy atom. The van der Waals surface area contributed by atoms with E-state index < -0.39 is 27.5 Å². The molecule has 0 aliphatic carbocycles. The topological polar surface area (TPSA) is 118 Å². The molecule has 0 heterocycles. The van der Waals surface area contributed by atoms with Crippen LogP contribution in [0.4, 0.5) is 11.4 Å². The van der Waals surface area contributed by atoms with E-state index >= 15 is 0 Å². The van der Waals surface area contributed by atoms with Gasteiger partial charge in [0.15, 0.2) is 0 Å². The van der Waals surface area contributed by atoms with Gasteiger partial charge in [0.05, 0.1) is 15.5 Å². The highest BCUT2D eigenvalue weighted by molar-refractivity contribution is 7.92. The van der Waals surface area contributed by atoms with Crippen LogP contribution in [-0.4, -0.2) is 31.0 Å². The van der Waals surface area contributed by atoms with E-state index in [4.69, 9.17) is 16.7 Å². The largest absolute Gasteiger partial charge is 0.480 e. The Kier molecular flexibility index (Phi) is 5.05. The lowest BCUT2D eigenvalue weighted by atomic mass is 10.3. The van der Waals surface area contributed by atoms with Crippen molar-refractivity contribution in [3.8, 4) is 0 Å². The fourth-order valence-electron chi connectivity index (χ4n) is 1.94. The van der Waals surface area contributed by atoms with Crippen LogP contribution in [0.1, 0.15) is 0 Å². The second-order valence-electron chi connectivity index (χ2n) is 4.64. The Balaban J connectivity index is 2.51. The molecule has 0 saturated heterocycles. The van der Waals surface area contributed by atoms with Crippen molar-refractivity contribution in [2.75, 3.05) is 10.8 Å².